The molecule has 1 fully saturated rings. The molecule has 8 nitrogen and oxygen atoms in total. The van der Waals surface area contributed by atoms with Crippen LogP contribution in [-0.2, 0) is 9.59 Å². The number of carbonyl (C=O) groups is 2. The van der Waals surface area contributed by atoms with Crippen molar-refractivity contribution in [2.24, 2.45) is 0 Å². The number of anilines is 2. The van der Waals surface area contributed by atoms with Gasteiger partial charge in [-0.25, -0.2) is 0 Å². The first-order valence-electron chi connectivity index (χ1n) is 11.8. The van der Waals surface area contributed by atoms with Crippen LogP contribution in [0.3, 0.4) is 0 Å². The Bertz CT molecular complexity index is 1320. The van der Waals surface area contributed by atoms with E-state index in [9.17, 15) is 14.7 Å². The topological polar surface area (TPSA) is 88.5 Å². The van der Waals surface area contributed by atoms with E-state index in [0.29, 0.717) is 35.1 Å². The number of carbonyl (C=O) groups excluding carboxylic acids is 2. The summed E-state index contributed by atoms with van der Waals surface area (Å²) < 4.78 is 16.6. The summed E-state index contributed by atoms with van der Waals surface area (Å²) in [6, 6.07) is 18.6. The normalized spacial score (nSPS) is 16.6. The molecule has 3 aromatic rings. The lowest BCUT2D eigenvalue weighted by Crippen LogP contribution is -2.29. The van der Waals surface area contributed by atoms with Crippen LogP contribution in [0.2, 0.25) is 0 Å². The molecule has 4 rings (SSSR count). The molecule has 1 aliphatic rings. The van der Waals surface area contributed by atoms with Crippen LogP contribution in [0.1, 0.15) is 24.1 Å². The second-order valence-electron chi connectivity index (χ2n) is 8.62. The molecule has 1 saturated heterocycles. The van der Waals surface area contributed by atoms with Crippen molar-refractivity contribution in [2.45, 2.75) is 13.0 Å². The SMILES string of the molecule is CCOc1cccc(C2/C(=C(\O)c3c(OC)cccc3OC)C(=O)C(=O)N2c2ccc(N(C)C)cc2)c1. The molecule has 3 aromatic carbocycles. The Morgan fingerprint density at radius 3 is 2.14 bits per heavy atom. The van der Waals surface area contributed by atoms with Gasteiger partial charge in [0.25, 0.3) is 11.7 Å². The van der Waals surface area contributed by atoms with Crippen LogP contribution < -0.4 is 24.0 Å². The lowest BCUT2D eigenvalue weighted by atomic mass is 9.94. The highest BCUT2D eigenvalue weighted by Gasteiger charge is 2.47. The van der Waals surface area contributed by atoms with Crippen molar-refractivity contribution in [1.82, 2.24) is 0 Å². The molecule has 1 atom stereocenters. The average molecular weight is 503 g/mol. The van der Waals surface area contributed by atoms with E-state index < -0.39 is 17.7 Å². The Kier molecular flexibility index (Phi) is 7.38. The fraction of sp³-hybridized carbons (Fsp3) is 0.241. The third-order valence-electron chi connectivity index (χ3n) is 6.24. The third-order valence-corrected chi connectivity index (χ3v) is 6.24. The number of rotatable bonds is 8. The number of benzene rings is 3. The van der Waals surface area contributed by atoms with Gasteiger partial charge in [-0.05, 0) is 61.0 Å². The van der Waals surface area contributed by atoms with E-state index >= 15 is 0 Å². The highest BCUT2D eigenvalue weighted by atomic mass is 16.5. The Balaban J connectivity index is 1.98. The molecule has 0 bridgehead atoms. The van der Waals surface area contributed by atoms with Gasteiger partial charge >= 0.3 is 0 Å². The molecule has 0 spiro atoms. The number of hydrogen-bond acceptors (Lipinski definition) is 7. The lowest BCUT2D eigenvalue weighted by molar-refractivity contribution is -0.132. The molecular formula is C29H30N2O6. The number of hydrogen-bond donors (Lipinski definition) is 1. The van der Waals surface area contributed by atoms with Gasteiger partial charge in [-0.2, -0.15) is 0 Å². The van der Waals surface area contributed by atoms with Crippen LogP contribution in [-0.4, -0.2) is 51.7 Å². The van der Waals surface area contributed by atoms with E-state index in [4.69, 9.17) is 14.2 Å². The largest absolute Gasteiger partial charge is 0.506 e. The van der Waals surface area contributed by atoms with Gasteiger partial charge in [0.15, 0.2) is 0 Å². The summed E-state index contributed by atoms with van der Waals surface area (Å²) in [5, 5.41) is 11.6. The van der Waals surface area contributed by atoms with Crippen molar-refractivity contribution < 1.29 is 28.9 Å². The zero-order valence-electron chi connectivity index (χ0n) is 21.5. The van der Waals surface area contributed by atoms with Crippen LogP contribution >= 0.6 is 0 Å². The van der Waals surface area contributed by atoms with Gasteiger partial charge in [0.1, 0.15) is 28.6 Å². The number of amides is 1. The molecule has 1 aliphatic heterocycles. The van der Waals surface area contributed by atoms with Crippen molar-refractivity contribution in [3.63, 3.8) is 0 Å². The van der Waals surface area contributed by atoms with Gasteiger partial charge in [-0.1, -0.05) is 18.2 Å². The second kappa shape index (κ2) is 10.7. The first-order chi connectivity index (χ1) is 17.8. The number of ketones is 1. The zero-order valence-corrected chi connectivity index (χ0v) is 21.5. The summed E-state index contributed by atoms with van der Waals surface area (Å²) in [6.07, 6.45) is 0. The molecule has 1 amide bonds. The number of methoxy groups -OCH3 is 2. The first kappa shape index (κ1) is 25.6. The number of Topliss-reactive ketones (excluding diaryl/α,β-unsaturated/α-hetero) is 1. The van der Waals surface area contributed by atoms with E-state index in [1.54, 1.807) is 54.6 Å². The van der Waals surface area contributed by atoms with Gasteiger partial charge in [0, 0.05) is 25.5 Å². The maximum absolute atomic E-state index is 13.5. The predicted octanol–water partition coefficient (Wildman–Crippen LogP) is 4.79. The molecule has 0 saturated carbocycles. The van der Waals surface area contributed by atoms with Crippen molar-refractivity contribution in [3.8, 4) is 17.2 Å². The maximum Gasteiger partial charge on any atom is 0.300 e. The summed E-state index contributed by atoms with van der Waals surface area (Å²) in [5.74, 6) is -0.746. The van der Waals surface area contributed by atoms with Gasteiger partial charge < -0.3 is 24.2 Å². The fourth-order valence-corrected chi connectivity index (χ4v) is 4.49. The number of aliphatic hydroxyl groups excluding tert-OH is 1. The molecule has 192 valence electrons. The molecule has 8 heteroatoms. The van der Waals surface area contributed by atoms with Crippen LogP contribution in [0.15, 0.2) is 72.3 Å². The van der Waals surface area contributed by atoms with Crippen molar-refractivity contribution >= 4 is 28.8 Å². The Morgan fingerprint density at radius 2 is 1.57 bits per heavy atom. The molecule has 0 radical (unpaired) electrons. The third kappa shape index (κ3) is 4.70. The van der Waals surface area contributed by atoms with E-state index in [0.717, 1.165) is 5.69 Å². The smallest absolute Gasteiger partial charge is 0.300 e. The van der Waals surface area contributed by atoms with Gasteiger partial charge in [0.2, 0.25) is 0 Å². The molecule has 37 heavy (non-hydrogen) atoms. The molecule has 1 N–H and O–H groups in total. The highest BCUT2D eigenvalue weighted by Crippen LogP contribution is 2.45. The zero-order chi connectivity index (χ0) is 26.7. The summed E-state index contributed by atoms with van der Waals surface area (Å²) in [5.41, 5.74) is 2.19. The Morgan fingerprint density at radius 1 is 0.946 bits per heavy atom. The quantitative estimate of drug-likeness (QED) is 0.269. The second-order valence-corrected chi connectivity index (χ2v) is 8.62. The molecule has 0 aromatic heterocycles. The minimum atomic E-state index is -0.916. The van der Waals surface area contributed by atoms with Crippen molar-refractivity contribution in [3.05, 3.63) is 83.4 Å². The predicted molar refractivity (Wildman–Crippen MR) is 143 cm³/mol. The van der Waals surface area contributed by atoms with E-state index in [1.807, 2.05) is 38.1 Å². The first-order valence-corrected chi connectivity index (χ1v) is 11.8. The average Bonchev–Trinajstić information content (AvgIpc) is 3.18. The van der Waals surface area contributed by atoms with Gasteiger partial charge in [0.05, 0.1) is 32.4 Å². The summed E-state index contributed by atoms with van der Waals surface area (Å²) in [6.45, 7) is 2.33. The minimum absolute atomic E-state index is 0.0712. The monoisotopic (exact) mass is 502 g/mol. The van der Waals surface area contributed by atoms with Gasteiger partial charge in [-0.3, -0.25) is 14.5 Å². The summed E-state index contributed by atoms with van der Waals surface area (Å²) in [7, 11) is 6.75. The highest BCUT2D eigenvalue weighted by molar-refractivity contribution is 6.51. The van der Waals surface area contributed by atoms with Gasteiger partial charge in [-0.15, -0.1) is 0 Å². The van der Waals surface area contributed by atoms with Crippen LogP contribution in [0.25, 0.3) is 5.76 Å². The van der Waals surface area contributed by atoms with E-state index in [2.05, 4.69) is 0 Å². The van der Waals surface area contributed by atoms with Crippen LogP contribution in [0, 0.1) is 0 Å². The van der Waals surface area contributed by atoms with E-state index in [1.165, 1.54) is 19.1 Å². The standard InChI is InChI=1S/C29H30N2O6/c1-6-37-21-10-7-9-18(17-21)26-25(27(32)24-22(35-4)11-8-12-23(24)36-5)28(33)29(34)31(26)20-15-13-19(14-16-20)30(2)3/h7-17,26,32H,6H2,1-5H3/b27-25+. The van der Waals surface area contributed by atoms with Crippen LogP contribution in [0.5, 0.6) is 17.2 Å². The van der Waals surface area contributed by atoms with E-state index in [-0.39, 0.29) is 16.9 Å². The number of aliphatic hydroxyl groups is 1. The summed E-state index contributed by atoms with van der Waals surface area (Å²) in [4.78, 5) is 30.4. The molecular weight excluding hydrogens is 472 g/mol. The van der Waals surface area contributed by atoms with Crippen molar-refractivity contribution in [2.75, 3.05) is 44.7 Å². The lowest BCUT2D eigenvalue weighted by Gasteiger charge is -2.26. The maximum atomic E-state index is 13.5. The minimum Gasteiger partial charge on any atom is -0.506 e. The Labute approximate surface area is 216 Å². The number of ether oxygens (including phenoxy) is 3. The van der Waals surface area contributed by atoms with Crippen molar-refractivity contribution in [1.29, 1.82) is 0 Å². The molecule has 0 aliphatic carbocycles. The Hall–Kier alpha value is -4.46. The molecule has 1 unspecified atom stereocenters. The molecule has 1 heterocycles. The number of nitrogens with zero attached hydrogens (tertiary/aromatic N) is 2. The fourth-order valence-electron chi connectivity index (χ4n) is 4.49. The van der Waals surface area contributed by atoms with Crippen LogP contribution in [0.4, 0.5) is 11.4 Å². The summed E-state index contributed by atoms with van der Waals surface area (Å²) >= 11 is 0.